The van der Waals surface area contributed by atoms with Crippen LogP contribution in [-0.4, -0.2) is 5.96 Å². The zero-order chi connectivity index (χ0) is 10.0. The fourth-order valence-corrected chi connectivity index (χ4v) is 1.01. The van der Waals surface area contributed by atoms with Gasteiger partial charge in [0, 0.05) is 6.07 Å². The minimum atomic E-state index is -0.904. The number of nitrogens with zero attached hydrogens (tertiary/aromatic N) is 1. The van der Waals surface area contributed by atoms with Gasteiger partial charge in [-0.1, -0.05) is 11.6 Å². The maximum atomic E-state index is 12.9. The molecule has 0 amide bonds. The Morgan fingerprint density at radius 3 is 2.38 bits per heavy atom. The van der Waals surface area contributed by atoms with Crippen molar-refractivity contribution in [3.05, 3.63) is 28.8 Å². The molecule has 70 valence electrons. The van der Waals surface area contributed by atoms with Gasteiger partial charge in [-0.15, -0.1) is 0 Å². The van der Waals surface area contributed by atoms with Crippen LogP contribution >= 0.6 is 11.6 Å². The van der Waals surface area contributed by atoms with Crippen LogP contribution in [-0.2, 0) is 0 Å². The van der Waals surface area contributed by atoms with Crippen LogP contribution in [0.15, 0.2) is 17.1 Å². The van der Waals surface area contributed by atoms with Crippen LogP contribution < -0.4 is 11.5 Å². The molecule has 1 aromatic carbocycles. The van der Waals surface area contributed by atoms with Gasteiger partial charge in [-0.3, -0.25) is 0 Å². The van der Waals surface area contributed by atoms with E-state index in [4.69, 9.17) is 23.1 Å². The Bertz CT molecular complexity index is 338. The van der Waals surface area contributed by atoms with E-state index >= 15 is 0 Å². The van der Waals surface area contributed by atoms with E-state index in [2.05, 4.69) is 4.99 Å². The SMILES string of the molecule is NC(N)=Nc1c(F)cc(F)cc1Cl. The van der Waals surface area contributed by atoms with Gasteiger partial charge in [0.05, 0.1) is 5.02 Å². The van der Waals surface area contributed by atoms with Gasteiger partial charge in [0.1, 0.15) is 11.5 Å². The Morgan fingerprint density at radius 2 is 1.92 bits per heavy atom. The maximum Gasteiger partial charge on any atom is 0.191 e. The third-order valence-electron chi connectivity index (χ3n) is 1.22. The molecule has 0 unspecified atom stereocenters. The molecule has 1 rings (SSSR count). The van der Waals surface area contributed by atoms with E-state index in [0.717, 1.165) is 6.07 Å². The highest BCUT2D eigenvalue weighted by molar-refractivity contribution is 6.33. The molecule has 0 fully saturated rings. The molecule has 0 aliphatic heterocycles. The Hall–Kier alpha value is -1.36. The van der Waals surface area contributed by atoms with Crippen LogP contribution in [0.25, 0.3) is 0 Å². The molecule has 0 saturated heterocycles. The van der Waals surface area contributed by atoms with Gasteiger partial charge in [0.15, 0.2) is 11.8 Å². The number of guanidine groups is 1. The summed E-state index contributed by atoms with van der Waals surface area (Å²) in [5.74, 6) is -2.03. The second-order valence-electron chi connectivity index (χ2n) is 2.25. The second-order valence-corrected chi connectivity index (χ2v) is 2.66. The van der Waals surface area contributed by atoms with E-state index < -0.39 is 11.6 Å². The predicted molar refractivity (Wildman–Crippen MR) is 46.8 cm³/mol. The van der Waals surface area contributed by atoms with Gasteiger partial charge in [0.25, 0.3) is 0 Å². The average Bonchev–Trinajstić information content (AvgIpc) is 1.96. The van der Waals surface area contributed by atoms with Crippen molar-refractivity contribution in [1.82, 2.24) is 0 Å². The number of halogens is 3. The van der Waals surface area contributed by atoms with Crippen molar-refractivity contribution in [1.29, 1.82) is 0 Å². The summed E-state index contributed by atoms with van der Waals surface area (Å²) in [5, 5.41) is -0.175. The lowest BCUT2D eigenvalue weighted by Gasteiger charge is -2.00. The van der Waals surface area contributed by atoms with Crippen LogP contribution in [0.3, 0.4) is 0 Å². The van der Waals surface area contributed by atoms with E-state index in [0.29, 0.717) is 6.07 Å². The first-order valence-electron chi connectivity index (χ1n) is 3.25. The topological polar surface area (TPSA) is 64.4 Å². The Morgan fingerprint density at radius 1 is 1.31 bits per heavy atom. The Labute approximate surface area is 78.0 Å². The lowest BCUT2D eigenvalue weighted by atomic mass is 10.3. The molecule has 0 aliphatic rings. The Kier molecular flexibility index (Phi) is 2.67. The molecule has 0 saturated carbocycles. The summed E-state index contributed by atoms with van der Waals surface area (Å²) in [7, 11) is 0. The lowest BCUT2D eigenvalue weighted by Crippen LogP contribution is -2.22. The normalized spacial score (nSPS) is 9.77. The number of hydrogen-bond donors (Lipinski definition) is 2. The molecule has 0 spiro atoms. The van der Waals surface area contributed by atoms with Crippen molar-refractivity contribution in [3.63, 3.8) is 0 Å². The number of rotatable bonds is 1. The summed E-state index contributed by atoms with van der Waals surface area (Å²) < 4.78 is 25.4. The van der Waals surface area contributed by atoms with Crippen LogP contribution in [0.5, 0.6) is 0 Å². The fraction of sp³-hybridized carbons (Fsp3) is 0. The van der Waals surface area contributed by atoms with Crippen molar-refractivity contribution in [2.45, 2.75) is 0 Å². The van der Waals surface area contributed by atoms with Crippen LogP contribution in [0.2, 0.25) is 5.02 Å². The van der Waals surface area contributed by atoms with Gasteiger partial charge >= 0.3 is 0 Å². The van der Waals surface area contributed by atoms with Crippen LogP contribution in [0.4, 0.5) is 14.5 Å². The molecular formula is C7H6ClF2N3. The lowest BCUT2D eigenvalue weighted by molar-refractivity contribution is 0.585. The predicted octanol–water partition coefficient (Wildman–Crippen LogP) is 1.52. The maximum absolute atomic E-state index is 12.9. The molecule has 0 radical (unpaired) electrons. The van der Waals surface area contributed by atoms with Crippen molar-refractivity contribution in [2.24, 2.45) is 16.5 Å². The standard InChI is InChI=1S/C7H6ClF2N3/c8-4-1-3(9)2-5(10)6(4)13-7(11)12/h1-2H,(H4,11,12,13). The smallest absolute Gasteiger partial charge is 0.191 e. The van der Waals surface area contributed by atoms with Crippen molar-refractivity contribution >= 4 is 23.2 Å². The highest BCUT2D eigenvalue weighted by Crippen LogP contribution is 2.28. The van der Waals surface area contributed by atoms with E-state index in [1.54, 1.807) is 0 Å². The van der Waals surface area contributed by atoms with Crippen molar-refractivity contribution in [3.8, 4) is 0 Å². The quantitative estimate of drug-likeness (QED) is 0.539. The average molecular weight is 206 g/mol. The molecule has 6 heteroatoms. The first-order chi connectivity index (χ1) is 6.00. The fourth-order valence-electron chi connectivity index (χ4n) is 0.770. The highest BCUT2D eigenvalue weighted by atomic mass is 35.5. The van der Waals surface area contributed by atoms with Gasteiger partial charge in [-0.25, -0.2) is 13.8 Å². The molecule has 3 nitrogen and oxygen atoms in total. The summed E-state index contributed by atoms with van der Waals surface area (Å²) in [6, 6.07) is 1.57. The summed E-state index contributed by atoms with van der Waals surface area (Å²) in [6.45, 7) is 0. The third-order valence-corrected chi connectivity index (χ3v) is 1.51. The van der Waals surface area contributed by atoms with Crippen LogP contribution in [0, 0.1) is 11.6 Å². The van der Waals surface area contributed by atoms with Crippen LogP contribution in [0.1, 0.15) is 0 Å². The molecule has 0 heterocycles. The van der Waals surface area contributed by atoms with Gasteiger partial charge in [-0.05, 0) is 6.07 Å². The van der Waals surface area contributed by atoms with Crippen molar-refractivity contribution in [2.75, 3.05) is 0 Å². The van der Waals surface area contributed by atoms with E-state index in [1.165, 1.54) is 0 Å². The summed E-state index contributed by atoms with van der Waals surface area (Å²) in [5.41, 5.74) is 9.76. The third kappa shape index (κ3) is 2.29. The zero-order valence-electron chi connectivity index (χ0n) is 6.39. The second kappa shape index (κ2) is 3.57. The molecule has 1 aromatic rings. The minimum Gasteiger partial charge on any atom is -0.370 e. The number of nitrogens with two attached hydrogens (primary N) is 2. The summed E-state index contributed by atoms with van der Waals surface area (Å²) >= 11 is 5.48. The highest BCUT2D eigenvalue weighted by Gasteiger charge is 2.08. The zero-order valence-corrected chi connectivity index (χ0v) is 7.15. The molecule has 13 heavy (non-hydrogen) atoms. The first-order valence-corrected chi connectivity index (χ1v) is 3.62. The van der Waals surface area contributed by atoms with E-state index in [-0.39, 0.29) is 16.7 Å². The number of hydrogen-bond acceptors (Lipinski definition) is 1. The Balaban J connectivity index is 3.29. The molecule has 0 aliphatic carbocycles. The van der Waals surface area contributed by atoms with Gasteiger partial charge < -0.3 is 11.5 Å². The molecule has 0 atom stereocenters. The molecule has 4 N–H and O–H groups in total. The number of aliphatic imine (C=N–C) groups is 1. The first kappa shape index (κ1) is 9.73. The molecular weight excluding hydrogens is 200 g/mol. The largest absolute Gasteiger partial charge is 0.370 e. The summed E-state index contributed by atoms with van der Waals surface area (Å²) in [4.78, 5) is 3.40. The monoisotopic (exact) mass is 205 g/mol. The molecule has 0 bridgehead atoms. The van der Waals surface area contributed by atoms with E-state index in [9.17, 15) is 8.78 Å². The van der Waals surface area contributed by atoms with Gasteiger partial charge in [0.2, 0.25) is 0 Å². The van der Waals surface area contributed by atoms with Crippen molar-refractivity contribution < 1.29 is 8.78 Å². The molecule has 0 aromatic heterocycles. The number of benzene rings is 1. The van der Waals surface area contributed by atoms with E-state index in [1.807, 2.05) is 0 Å². The van der Waals surface area contributed by atoms with Gasteiger partial charge in [-0.2, -0.15) is 0 Å². The minimum absolute atomic E-state index is 0.175. The summed E-state index contributed by atoms with van der Waals surface area (Å²) in [6.07, 6.45) is 0.